The van der Waals surface area contributed by atoms with Crippen LogP contribution in [0.2, 0.25) is 0 Å². The molecule has 7 nitrogen and oxygen atoms in total. The Morgan fingerprint density at radius 2 is 2.21 bits per heavy atom. The van der Waals surface area contributed by atoms with Crippen molar-refractivity contribution in [3.8, 4) is 0 Å². The van der Waals surface area contributed by atoms with Crippen molar-refractivity contribution in [1.82, 2.24) is 20.5 Å². The Morgan fingerprint density at radius 1 is 1.34 bits per heavy atom. The summed E-state index contributed by atoms with van der Waals surface area (Å²) >= 11 is 0. The zero-order valence-electron chi connectivity index (χ0n) is 17.1. The number of hydrogen-bond donors (Lipinski definition) is 3. The highest BCUT2D eigenvalue weighted by Gasteiger charge is 2.14. The lowest BCUT2D eigenvalue weighted by Crippen LogP contribution is -2.43. The molecule has 158 valence electrons. The molecule has 2 heterocycles. The van der Waals surface area contributed by atoms with Gasteiger partial charge in [-0.25, -0.2) is 9.38 Å². The van der Waals surface area contributed by atoms with Gasteiger partial charge < -0.3 is 25.3 Å². The van der Waals surface area contributed by atoms with Crippen molar-refractivity contribution < 1.29 is 13.9 Å². The van der Waals surface area contributed by atoms with Gasteiger partial charge in [0.25, 0.3) is 0 Å². The molecule has 0 aliphatic carbocycles. The Morgan fingerprint density at radius 3 is 2.97 bits per heavy atom. The van der Waals surface area contributed by atoms with E-state index in [1.165, 1.54) is 17.4 Å². The number of nitrogens with zero attached hydrogens (tertiary/aromatic N) is 2. The number of carbonyl (C=O) groups excluding carboxylic acids is 1. The number of aliphatic imine (C=N–C) groups is 1. The van der Waals surface area contributed by atoms with E-state index in [2.05, 4.69) is 20.6 Å². The molecule has 1 aliphatic heterocycles. The maximum atomic E-state index is 13.6. The lowest BCUT2D eigenvalue weighted by atomic mass is 10.1. The number of amides is 1. The van der Waals surface area contributed by atoms with Gasteiger partial charge in [0.15, 0.2) is 5.96 Å². The molecule has 1 aromatic carbocycles. The number of carbonyl (C=O) groups is 1. The van der Waals surface area contributed by atoms with Gasteiger partial charge in [-0.2, -0.15) is 0 Å². The third-order valence-corrected chi connectivity index (χ3v) is 5.06. The molecule has 0 radical (unpaired) electrons. The number of aromatic amines is 1. The molecule has 1 aliphatic rings. The molecule has 1 amide bonds. The maximum Gasteiger partial charge on any atom is 0.243 e. The van der Waals surface area contributed by atoms with Gasteiger partial charge in [-0.05, 0) is 49.4 Å². The molecule has 3 rings (SSSR count). The highest BCUT2D eigenvalue weighted by atomic mass is 19.1. The SMILES string of the molecule is CN(C)C(=O)CN=C(NCCc1c[nH]c2ccc(F)cc12)NCC1CCCCO1. The fourth-order valence-corrected chi connectivity index (χ4v) is 3.31. The minimum absolute atomic E-state index is 0.0629. The molecule has 0 bridgehead atoms. The van der Waals surface area contributed by atoms with Crippen LogP contribution in [0, 0.1) is 5.82 Å². The second-order valence-electron chi connectivity index (χ2n) is 7.50. The van der Waals surface area contributed by atoms with Crippen molar-refractivity contribution in [3.05, 3.63) is 35.8 Å². The predicted molar refractivity (Wildman–Crippen MR) is 113 cm³/mol. The van der Waals surface area contributed by atoms with Gasteiger partial charge in [0.2, 0.25) is 5.91 Å². The van der Waals surface area contributed by atoms with Crippen LogP contribution in [0.15, 0.2) is 29.4 Å². The first-order chi connectivity index (χ1) is 14.0. The molecule has 1 saturated heterocycles. The normalized spacial score (nSPS) is 17.3. The molecule has 0 spiro atoms. The summed E-state index contributed by atoms with van der Waals surface area (Å²) in [6, 6.07) is 4.74. The van der Waals surface area contributed by atoms with E-state index in [-0.39, 0.29) is 24.4 Å². The van der Waals surface area contributed by atoms with Crippen molar-refractivity contribution >= 4 is 22.8 Å². The molecule has 1 aromatic heterocycles. The lowest BCUT2D eigenvalue weighted by molar-refractivity contribution is -0.127. The second kappa shape index (κ2) is 10.2. The van der Waals surface area contributed by atoms with Crippen LogP contribution in [0.3, 0.4) is 0 Å². The average molecular weight is 404 g/mol. The Balaban J connectivity index is 1.58. The van der Waals surface area contributed by atoms with Crippen LogP contribution in [0.25, 0.3) is 10.9 Å². The maximum absolute atomic E-state index is 13.6. The number of hydrogen-bond acceptors (Lipinski definition) is 3. The van der Waals surface area contributed by atoms with E-state index in [9.17, 15) is 9.18 Å². The summed E-state index contributed by atoms with van der Waals surface area (Å²) in [6.45, 7) is 2.13. The molecule has 0 saturated carbocycles. The second-order valence-corrected chi connectivity index (χ2v) is 7.50. The van der Waals surface area contributed by atoms with Gasteiger partial charge >= 0.3 is 0 Å². The Hall–Kier alpha value is -2.61. The van der Waals surface area contributed by atoms with E-state index < -0.39 is 0 Å². The summed E-state index contributed by atoms with van der Waals surface area (Å²) in [7, 11) is 3.43. The summed E-state index contributed by atoms with van der Waals surface area (Å²) in [5.41, 5.74) is 1.95. The smallest absolute Gasteiger partial charge is 0.243 e. The number of aromatic nitrogens is 1. The van der Waals surface area contributed by atoms with Crippen LogP contribution in [-0.4, -0.2) is 68.2 Å². The van der Waals surface area contributed by atoms with Crippen molar-refractivity contribution in [2.45, 2.75) is 31.8 Å². The number of halogens is 1. The topological polar surface area (TPSA) is 81.8 Å². The van der Waals surface area contributed by atoms with Crippen molar-refractivity contribution in [2.75, 3.05) is 40.3 Å². The van der Waals surface area contributed by atoms with Crippen molar-refractivity contribution in [3.63, 3.8) is 0 Å². The zero-order valence-corrected chi connectivity index (χ0v) is 17.1. The number of nitrogens with one attached hydrogen (secondary N) is 3. The number of ether oxygens (including phenoxy) is 1. The Bertz CT molecular complexity index is 843. The number of rotatable bonds is 7. The van der Waals surface area contributed by atoms with Crippen LogP contribution in [-0.2, 0) is 16.0 Å². The molecular formula is C21H30FN5O2. The molecule has 1 unspecified atom stereocenters. The fraction of sp³-hybridized carbons (Fsp3) is 0.524. The monoisotopic (exact) mass is 403 g/mol. The van der Waals surface area contributed by atoms with E-state index in [0.29, 0.717) is 25.5 Å². The largest absolute Gasteiger partial charge is 0.376 e. The van der Waals surface area contributed by atoms with Crippen LogP contribution >= 0.6 is 0 Å². The van der Waals surface area contributed by atoms with E-state index in [0.717, 1.165) is 35.9 Å². The minimum Gasteiger partial charge on any atom is -0.376 e. The molecule has 8 heteroatoms. The van der Waals surface area contributed by atoms with E-state index in [1.807, 2.05) is 6.20 Å². The summed E-state index contributed by atoms with van der Waals surface area (Å²) in [5.74, 6) is 0.275. The van der Waals surface area contributed by atoms with Gasteiger partial charge in [-0.15, -0.1) is 0 Å². The average Bonchev–Trinajstić information content (AvgIpc) is 3.12. The van der Waals surface area contributed by atoms with Gasteiger partial charge in [0.05, 0.1) is 6.10 Å². The van der Waals surface area contributed by atoms with Crippen LogP contribution < -0.4 is 10.6 Å². The van der Waals surface area contributed by atoms with Crippen LogP contribution in [0.1, 0.15) is 24.8 Å². The third kappa shape index (κ3) is 6.19. The summed E-state index contributed by atoms with van der Waals surface area (Å²) < 4.78 is 19.3. The Labute approximate surface area is 170 Å². The van der Waals surface area contributed by atoms with Gasteiger partial charge in [-0.3, -0.25) is 4.79 Å². The Kier molecular flexibility index (Phi) is 7.46. The van der Waals surface area contributed by atoms with E-state index >= 15 is 0 Å². The fourth-order valence-electron chi connectivity index (χ4n) is 3.31. The van der Waals surface area contributed by atoms with Gasteiger partial charge in [0, 0.05) is 50.9 Å². The standard InChI is InChI=1S/C21H30FN5O2/c1-27(2)20(28)14-26-21(25-13-17-5-3-4-10-29-17)23-9-8-15-12-24-19-7-6-16(22)11-18(15)19/h6-7,11-12,17,24H,3-5,8-10,13-14H2,1-2H3,(H2,23,25,26). The minimum atomic E-state index is -0.245. The summed E-state index contributed by atoms with van der Waals surface area (Å²) in [5, 5.41) is 7.45. The molecule has 29 heavy (non-hydrogen) atoms. The number of likely N-dealkylation sites (N-methyl/N-ethyl adjacent to an activating group) is 1. The highest BCUT2D eigenvalue weighted by molar-refractivity contribution is 5.85. The highest BCUT2D eigenvalue weighted by Crippen LogP contribution is 2.19. The van der Waals surface area contributed by atoms with E-state index in [4.69, 9.17) is 4.74 Å². The molecular weight excluding hydrogens is 373 g/mol. The van der Waals surface area contributed by atoms with Gasteiger partial charge in [0.1, 0.15) is 12.4 Å². The number of guanidine groups is 1. The van der Waals surface area contributed by atoms with Gasteiger partial charge in [-0.1, -0.05) is 0 Å². The number of benzene rings is 1. The lowest BCUT2D eigenvalue weighted by Gasteiger charge is -2.24. The number of fused-ring (bicyclic) bond motifs is 1. The number of H-pyrrole nitrogens is 1. The van der Waals surface area contributed by atoms with E-state index in [1.54, 1.807) is 26.2 Å². The van der Waals surface area contributed by atoms with Crippen molar-refractivity contribution in [2.24, 2.45) is 4.99 Å². The first-order valence-corrected chi connectivity index (χ1v) is 10.1. The summed E-state index contributed by atoms with van der Waals surface area (Å²) in [4.78, 5) is 21.0. The molecule has 3 N–H and O–H groups in total. The predicted octanol–water partition coefficient (Wildman–Crippen LogP) is 2.04. The van der Waals surface area contributed by atoms with Crippen LogP contribution in [0.5, 0.6) is 0 Å². The molecule has 1 atom stereocenters. The molecule has 2 aromatic rings. The quantitative estimate of drug-likeness (QED) is 0.488. The van der Waals surface area contributed by atoms with Crippen molar-refractivity contribution in [1.29, 1.82) is 0 Å². The third-order valence-electron chi connectivity index (χ3n) is 5.06. The van der Waals surface area contributed by atoms with Crippen LogP contribution in [0.4, 0.5) is 4.39 Å². The summed E-state index contributed by atoms with van der Waals surface area (Å²) in [6.07, 6.45) is 6.07. The first kappa shape index (κ1) is 21.1. The first-order valence-electron chi connectivity index (χ1n) is 10.1. The molecule has 1 fully saturated rings. The zero-order chi connectivity index (χ0) is 20.6.